The van der Waals surface area contributed by atoms with Crippen LogP contribution in [-0.2, 0) is 6.54 Å². The van der Waals surface area contributed by atoms with Crippen molar-refractivity contribution < 1.29 is 4.79 Å². The quantitative estimate of drug-likeness (QED) is 0.800. The number of hydrogen-bond acceptors (Lipinski definition) is 3. The summed E-state index contributed by atoms with van der Waals surface area (Å²) in [5.74, 6) is -0.194. The molecule has 2 rings (SSSR count). The molecule has 0 spiro atoms. The average molecular weight is 281 g/mol. The fourth-order valence-corrected chi connectivity index (χ4v) is 1.91. The number of anilines is 1. The SMILES string of the molecule is C=CCNC(=O)c1ccc(NCc2cccc(C)c2)cn1. The predicted octanol–water partition coefficient (Wildman–Crippen LogP) is 2.92. The molecular weight excluding hydrogens is 262 g/mol. The monoisotopic (exact) mass is 281 g/mol. The highest BCUT2D eigenvalue weighted by atomic mass is 16.1. The second-order valence-electron chi connectivity index (χ2n) is 4.77. The van der Waals surface area contributed by atoms with Crippen molar-refractivity contribution in [2.24, 2.45) is 0 Å². The van der Waals surface area contributed by atoms with Crippen LogP contribution >= 0.6 is 0 Å². The third-order valence-corrected chi connectivity index (χ3v) is 2.98. The van der Waals surface area contributed by atoms with E-state index in [4.69, 9.17) is 0 Å². The van der Waals surface area contributed by atoms with Crippen LogP contribution < -0.4 is 10.6 Å². The third-order valence-electron chi connectivity index (χ3n) is 2.98. The Labute approximate surface area is 124 Å². The first-order valence-corrected chi connectivity index (χ1v) is 6.83. The molecule has 0 atom stereocenters. The van der Waals surface area contributed by atoms with Gasteiger partial charge in [-0.2, -0.15) is 0 Å². The molecule has 0 aliphatic rings. The largest absolute Gasteiger partial charge is 0.380 e. The Morgan fingerprint density at radius 2 is 2.19 bits per heavy atom. The summed E-state index contributed by atoms with van der Waals surface area (Å²) < 4.78 is 0. The van der Waals surface area contributed by atoms with E-state index in [0.717, 1.165) is 12.2 Å². The molecule has 1 heterocycles. The minimum absolute atomic E-state index is 0.194. The minimum Gasteiger partial charge on any atom is -0.380 e. The summed E-state index contributed by atoms with van der Waals surface area (Å²) in [6, 6.07) is 11.9. The topological polar surface area (TPSA) is 54.0 Å². The number of rotatable bonds is 6. The maximum absolute atomic E-state index is 11.7. The number of pyridine rings is 1. The highest BCUT2D eigenvalue weighted by Crippen LogP contribution is 2.10. The van der Waals surface area contributed by atoms with Gasteiger partial charge in [0.2, 0.25) is 0 Å². The van der Waals surface area contributed by atoms with Gasteiger partial charge in [-0.05, 0) is 24.6 Å². The molecule has 108 valence electrons. The molecule has 1 aromatic carbocycles. The lowest BCUT2D eigenvalue weighted by Gasteiger charge is -2.08. The maximum Gasteiger partial charge on any atom is 0.270 e. The molecule has 2 aromatic rings. The molecule has 0 aliphatic heterocycles. The molecule has 0 saturated heterocycles. The number of hydrogen-bond donors (Lipinski definition) is 2. The Kier molecular flexibility index (Phi) is 5.10. The minimum atomic E-state index is -0.194. The van der Waals surface area contributed by atoms with Crippen molar-refractivity contribution in [2.45, 2.75) is 13.5 Å². The summed E-state index contributed by atoms with van der Waals surface area (Å²) >= 11 is 0. The van der Waals surface area contributed by atoms with E-state index in [1.165, 1.54) is 11.1 Å². The molecule has 0 saturated carbocycles. The number of carbonyl (C=O) groups is 1. The molecule has 1 aromatic heterocycles. The molecule has 4 heteroatoms. The molecule has 0 radical (unpaired) electrons. The van der Waals surface area contributed by atoms with Gasteiger partial charge in [0.25, 0.3) is 5.91 Å². The van der Waals surface area contributed by atoms with Crippen molar-refractivity contribution >= 4 is 11.6 Å². The summed E-state index contributed by atoms with van der Waals surface area (Å²) in [6.45, 7) is 6.79. The molecule has 21 heavy (non-hydrogen) atoms. The number of carbonyl (C=O) groups excluding carboxylic acids is 1. The van der Waals surface area contributed by atoms with Crippen molar-refractivity contribution in [3.8, 4) is 0 Å². The van der Waals surface area contributed by atoms with Crippen LogP contribution in [0.4, 0.5) is 5.69 Å². The van der Waals surface area contributed by atoms with Crippen LogP contribution in [0.25, 0.3) is 0 Å². The Balaban J connectivity index is 1.93. The highest BCUT2D eigenvalue weighted by molar-refractivity contribution is 5.92. The van der Waals surface area contributed by atoms with Crippen molar-refractivity contribution in [1.29, 1.82) is 0 Å². The number of aromatic nitrogens is 1. The van der Waals surface area contributed by atoms with Gasteiger partial charge in [-0.25, -0.2) is 4.98 Å². The van der Waals surface area contributed by atoms with Gasteiger partial charge in [0.05, 0.1) is 11.9 Å². The Hall–Kier alpha value is -2.62. The van der Waals surface area contributed by atoms with Gasteiger partial charge in [0.15, 0.2) is 0 Å². The van der Waals surface area contributed by atoms with Crippen LogP contribution in [0.5, 0.6) is 0 Å². The van der Waals surface area contributed by atoms with Gasteiger partial charge >= 0.3 is 0 Å². The number of nitrogens with zero attached hydrogens (tertiary/aromatic N) is 1. The van der Waals surface area contributed by atoms with Crippen LogP contribution in [0.2, 0.25) is 0 Å². The summed E-state index contributed by atoms with van der Waals surface area (Å²) in [5, 5.41) is 5.98. The Morgan fingerprint density at radius 3 is 2.86 bits per heavy atom. The zero-order valence-electron chi connectivity index (χ0n) is 12.1. The number of amides is 1. The van der Waals surface area contributed by atoms with E-state index in [-0.39, 0.29) is 5.91 Å². The maximum atomic E-state index is 11.7. The standard InChI is InChI=1S/C17H19N3O/c1-3-9-18-17(21)16-8-7-15(12-20-16)19-11-14-6-4-5-13(2)10-14/h3-8,10,12,19H,1,9,11H2,2H3,(H,18,21). The van der Waals surface area contributed by atoms with E-state index in [2.05, 4.69) is 47.3 Å². The number of aryl methyl sites for hydroxylation is 1. The predicted molar refractivity (Wildman–Crippen MR) is 85.3 cm³/mol. The first-order chi connectivity index (χ1) is 10.2. The van der Waals surface area contributed by atoms with Gasteiger partial charge in [-0.3, -0.25) is 4.79 Å². The average Bonchev–Trinajstić information content (AvgIpc) is 2.51. The van der Waals surface area contributed by atoms with Crippen molar-refractivity contribution in [3.05, 3.63) is 72.1 Å². The van der Waals surface area contributed by atoms with Crippen LogP contribution in [0, 0.1) is 6.92 Å². The fourth-order valence-electron chi connectivity index (χ4n) is 1.91. The van der Waals surface area contributed by atoms with Crippen molar-refractivity contribution in [2.75, 3.05) is 11.9 Å². The van der Waals surface area contributed by atoms with Crippen LogP contribution in [0.15, 0.2) is 55.3 Å². The van der Waals surface area contributed by atoms with Crippen LogP contribution in [0.1, 0.15) is 21.6 Å². The molecule has 2 N–H and O–H groups in total. The second kappa shape index (κ2) is 7.24. The van der Waals surface area contributed by atoms with E-state index in [1.807, 2.05) is 12.1 Å². The zero-order chi connectivity index (χ0) is 15.1. The van der Waals surface area contributed by atoms with Gasteiger partial charge < -0.3 is 10.6 Å². The Morgan fingerprint density at radius 1 is 1.33 bits per heavy atom. The lowest BCUT2D eigenvalue weighted by atomic mass is 10.1. The molecule has 4 nitrogen and oxygen atoms in total. The van der Waals surface area contributed by atoms with E-state index in [1.54, 1.807) is 18.3 Å². The van der Waals surface area contributed by atoms with E-state index < -0.39 is 0 Å². The number of nitrogens with one attached hydrogen (secondary N) is 2. The molecule has 0 aliphatic carbocycles. The van der Waals surface area contributed by atoms with E-state index in [9.17, 15) is 4.79 Å². The molecule has 0 fully saturated rings. The lowest BCUT2D eigenvalue weighted by Crippen LogP contribution is -2.24. The summed E-state index contributed by atoms with van der Waals surface area (Å²) in [4.78, 5) is 15.8. The summed E-state index contributed by atoms with van der Waals surface area (Å²) in [5.41, 5.74) is 3.74. The molecule has 1 amide bonds. The van der Waals surface area contributed by atoms with E-state index >= 15 is 0 Å². The molecular formula is C17H19N3O. The smallest absolute Gasteiger partial charge is 0.270 e. The first-order valence-electron chi connectivity index (χ1n) is 6.83. The summed E-state index contributed by atoms with van der Waals surface area (Å²) in [7, 11) is 0. The Bertz CT molecular complexity index is 620. The van der Waals surface area contributed by atoms with Crippen molar-refractivity contribution in [3.63, 3.8) is 0 Å². The second-order valence-corrected chi connectivity index (χ2v) is 4.77. The van der Waals surface area contributed by atoms with Crippen LogP contribution in [0.3, 0.4) is 0 Å². The van der Waals surface area contributed by atoms with Gasteiger partial charge in [0.1, 0.15) is 5.69 Å². The molecule has 0 unspecified atom stereocenters. The highest BCUT2D eigenvalue weighted by Gasteiger charge is 2.05. The van der Waals surface area contributed by atoms with Gasteiger partial charge in [-0.1, -0.05) is 35.9 Å². The van der Waals surface area contributed by atoms with E-state index in [0.29, 0.717) is 12.2 Å². The van der Waals surface area contributed by atoms with Crippen LogP contribution in [-0.4, -0.2) is 17.4 Å². The van der Waals surface area contributed by atoms with Crippen molar-refractivity contribution in [1.82, 2.24) is 10.3 Å². The first kappa shape index (κ1) is 14.8. The summed E-state index contributed by atoms with van der Waals surface area (Å²) in [6.07, 6.45) is 3.30. The van der Waals surface area contributed by atoms with Gasteiger partial charge in [0, 0.05) is 13.1 Å². The lowest BCUT2D eigenvalue weighted by molar-refractivity contribution is 0.0953. The fraction of sp³-hybridized carbons (Fsp3) is 0.176. The van der Waals surface area contributed by atoms with Gasteiger partial charge in [-0.15, -0.1) is 6.58 Å². The number of benzene rings is 1. The third kappa shape index (κ3) is 4.45. The zero-order valence-corrected chi connectivity index (χ0v) is 12.1. The molecule has 0 bridgehead atoms. The normalized spacial score (nSPS) is 9.95.